The van der Waals surface area contributed by atoms with Gasteiger partial charge in [-0.15, -0.1) is 0 Å². The second-order valence-electron chi connectivity index (χ2n) is 4.44. The van der Waals surface area contributed by atoms with Gasteiger partial charge in [0.2, 0.25) is 0 Å². The molecule has 90 valence electrons. The van der Waals surface area contributed by atoms with Gasteiger partial charge in [-0.1, -0.05) is 13.3 Å². The minimum atomic E-state index is 0.728. The molecule has 3 heteroatoms. The molecule has 1 rings (SSSR count). The van der Waals surface area contributed by atoms with Crippen LogP contribution >= 0.6 is 0 Å². The number of methoxy groups -OCH3 is 1. The van der Waals surface area contributed by atoms with Gasteiger partial charge >= 0.3 is 0 Å². The van der Waals surface area contributed by atoms with Gasteiger partial charge in [-0.3, -0.25) is 0 Å². The predicted molar refractivity (Wildman–Crippen MR) is 64.2 cm³/mol. The number of hydrogen-bond donors (Lipinski definition) is 1. The van der Waals surface area contributed by atoms with Crippen LogP contribution < -0.4 is 5.32 Å². The lowest BCUT2D eigenvalue weighted by Crippen LogP contribution is -2.50. The van der Waals surface area contributed by atoms with Gasteiger partial charge in [-0.25, -0.2) is 0 Å². The van der Waals surface area contributed by atoms with Crippen molar-refractivity contribution in [3.05, 3.63) is 0 Å². The van der Waals surface area contributed by atoms with Crippen molar-refractivity contribution >= 4 is 0 Å². The molecular formula is C12H26N2O. The van der Waals surface area contributed by atoms with E-state index in [9.17, 15) is 0 Å². The SMILES string of the molecule is CCCC1CN(CCCCOC)CCN1. The first-order valence-corrected chi connectivity index (χ1v) is 6.31. The van der Waals surface area contributed by atoms with Crippen molar-refractivity contribution in [2.45, 2.75) is 38.6 Å². The second-order valence-corrected chi connectivity index (χ2v) is 4.44. The van der Waals surface area contributed by atoms with Crippen LogP contribution in [0.3, 0.4) is 0 Å². The van der Waals surface area contributed by atoms with Crippen LogP contribution in [0.2, 0.25) is 0 Å². The minimum absolute atomic E-state index is 0.728. The third kappa shape index (κ3) is 5.50. The number of rotatable bonds is 7. The summed E-state index contributed by atoms with van der Waals surface area (Å²) >= 11 is 0. The summed E-state index contributed by atoms with van der Waals surface area (Å²) in [6.07, 6.45) is 5.06. The zero-order valence-electron chi connectivity index (χ0n) is 10.3. The first-order valence-electron chi connectivity index (χ1n) is 6.31. The molecule has 15 heavy (non-hydrogen) atoms. The number of piperazine rings is 1. The first-order chi connectivity index (χ1) is 7.36. The molecule has 1 unspecified atom stereocenters. The van der Waals surface area contributed by atoms with Crippen molar-refractivity contribution < 1.29 is 4.74 Å². The van der Waals surface area contributed by atoms with Gasteiger partial charge in [0.1, 0.15) is 0 Å². The fourth-order valence-electron chi connectivity index (χ4n) is 2.22. The molecule has 3 nitrogen and oxygen atoms in total. The fraction of sp³-hybridized carbons (Fsp3) is 1.00. The van der Waals surface area contributed by atoms with E-state index >= 15 is 0 Å². The summed E-state index contributed by atoms with van der Waals surface area (Å²) in [5, 5.41) is 3.59. The Balaban J connectivity index is 2.07. The van der Waals surface area contributed by atoms with Gasteiger partial charge in [-0.05, 0) is 25.8 Å². The highest BCUT2D eigenvalue weighted by Crippen LogP contribution is 2.06. The second kappa shape index (κ2) is 8.08. The molecule has 0 aromatic heterocycles. The van der Waals surface area contributed by atoms with Crippen LogP contribution in [0.5, 0.6) is 0 Å². The van der Waals surface area contributed by atoms with Crippen LogP contribution in [-0.4, -0.2) is 50.8 Å². The van der Waals surface area contributed by atoms with Crippen molar-refractivity contribution in [1.29, 1.82) is 0 Å². The maximum absolute atomic E-state index is 5.06. The van der Waals surface area contributed by atoms with E-state index < -0.39 is 0 Å². The molecule has 0 aromatic carbocycles. The van der Waals surface area contributed by atoms with Crippen LogP contribution in [0.25, 0.3) is 0 Å². The van der Waals surface area contributed by atoms with Crippen LogP contribution in [0.4, 0.5) is 0 Å². The molecule has 1 atom stereocenters. The molecule has 0 amide bonds. The van der Waals surface area contributed by atoms with E-state index in [2.05, 4.69) is 17.1 Å². The summed E-state index contributed by atoms with van der Waals surface area (Å²) in [6, 6.07) is 0.728. The maximum Gasteiger partial charge on any atom is 0.0462 e. The van der Waals surface area contributed by atoms with Crippen molar-refractivity contribution in [1.82, 2.24) is 10.2 Å². The van der Waals surface area contributed by atoms with E-state index in [-0.39, 0.29) is 0 Å². The van der Waals surface area contributed by atoms with Gasteiger partial charge in [-0.2, -0.15) is 0 Å². The Hall–Kier alpha value is -0.120. The number of hydrogen-bond acceptors (Lipinski definition) is 3. The first kappa shape index (κ1) is 12.9. The van der Waals surface area contributed by atoms with Crippen LogP contribution in [0.1, 0.15) is 32.6 Å². The molecule has 0 saturated carbocycles. The van der Waals surface area contributed by atoms with E-state index in [1.807, 2.05) is 0 Å². The Morgan fingerprint density at radius 2 is 2.27 bits per heavy atom. The summed E-state index contributed by atoms with van der Waals surface area (Å²) in [5.74, 6) is 0. The highest BCUT2D eigenvalue weighted by atomic mass is 16.5. The van der Waals surface area contributed by atoms with E-state index in [4.69, 9.17) is 4.74 Å². The van der Waals surface area contributed by atoms with Crippen molar-refractivity contribution in [3.63, 3.8) is 0 Å². The van der Waals surface area contributed by atoms with Gasteiger partial charge in [0.05, 0.1) is 0 Å². The van der Waals surface area contributed by atoms with Crippen LogP contribution in [-0.2, 0) is 4.74 Å². The molecule has 0 radical (unpaired) electrons. The molecule has 0 spiro atoms. The van der Waals surface area contributed by atoms with Gasteiger partial charge in [0.15, 0.2) is 0 Å². The van der Waals surface area contributed by atoms with Crippen molar-refractivity contribution in [2.75, 3.05) is 39.9 Å². The van der Waals surface area contributed by atoms with Gasteiger partial charge < -0.3 is 15.0 Å². The van der Waals surface area contributed by atoms with Gasteiger partial charge in [0.25, 0.3) is 0 Å². The van der Waals surface area contributed by atoms with Crippen LogP contribution in [0, 0.1) is 0 Å². The molecule has 1 aliphatic heterocycles. The molecule has 0 bridgehead atoms. The average Bonchev–Trinajstić information content (AvgIpc) is 2.26. The summed E-state index contributed by atoms with van der Waals surface area (Å²) in [5.41, 5.74) is 0. The third-order valence-electron chi connectivity index (χ3n) is 3.05. The topological polar surface area (TPSA) is 24.5 Å². The number of unbranched alkanes of at least 4 members (excludes halogenated alkanes) is 1. The molecule has 0 aromatic rings. The zero-order valence-corrected chi connectivity index (χ0v) is 10.3. The number of ether oxygens (including phenoxy) is 1. The Bertz CT molecular complexity index is 151. The highest BCUT2D eigenvalue weighted by Gasteiger charge is 2.17. The quantitative estimate of drug-likeness (QED) is 0.650. The molecule has 0 aliphatic carbocycles. The van der Waals surface area contributed by atoms with E-state index in [1.54, 1.807) is 7.11 Å². The van der Waals surface area contributed by atoms with E-state index in [0.29, 0.717) is 0 Å². The van der Waals surface area contributed by atoms with Crippen LogP contribution in [0.15, 0.2) is 0 Å². The maximum atomic E-state index is 5.06. The lowest BCUT2D eigenvalue weighted by molar-refractivity contribution is 0.167. The standard InChI is InChI=1S/C12H26N2O/c1-3-6-12-11-14(9-7-13-12)8-4-5-10-15-2/h12-13H,3-11H2,1-2H3. The van der Waals surface area contributed by atoms with Crippen molar-refractivity contribution in [3.8, 4) is 0 Å². The fourth-order valence-corrected chi connectivity index (χ4v) is 2.22. The third-order valence-corrected chi connectivity index (χ3v) is 3.05. The summed E-state index contributed by atoms with van der Waals surface area (Å²) in [4.78, 5) is 2.59. The average molecular weight is 214 g/mol. The molecule has 1 saturated heterocycles. The Kier molecular flexibility index (Phi) is 6.98. The molecule has 1 N–H and O–H groups in total. The normalized spacial score (nSPS) is 23.2. The highest BCUT2D eigenvalue weighted by molar-refractivity contribution is 4.77. The summed E-state index contributed by atoms with van der Waals surface area (Å²) in [6.45, 7) is 8.03. The summed E-state index contributed by atoms with van der Waals surface area (Å²) < 4.78 is 5.06. The lowest BCUT2D eigenvalue weighted by Gasteiger charge is -2.33. The molecule has 1 fully saturated rings. The molecular weight excluding hydrogens is 188 g/mol. The van der Waals surface area contributed by atoms with E-state index in [0.717, 1.165) is 19.2 Å². The van der Waals surface area contributed by atoms with Crippen molar-refractivity contribution in [2.24, 2.45) is 0 Å². The molecule has 1 aliphatic rings. The predicted octanol–water partition coefficient (Wildman–Crippen LogP) is 1.49. The smallest absolute Gasteiger partial charge is 0.0462 e. The van der Waals surface area contributed by atoms with E-state index in [1.165, 1.54) is 45.3 Å². The Morgan fingerprint density at radius 1 is 1.40 bits per heavy atom. The monoisotopic (exact) mass is 214 g/mol. The largest absolute Gasteiger partial charge is 0.385 e. The Morgan fingerprint density at radius 3 is 3.00 bits per heavy atom. The number of nitrogens with one attached hydrogen (secondary N) is 1. The molecule has 1 heterocycles. The van der Waals surface area contributed by atoms with Gasteiger partial charge in [0, 0.05) is 39.4 Å². The minimum Gasteiger partial charge on any atom is -0.385 e. The zero-order chi connectivity index (χ0) is 10.9. The number of nitrogens with zero attached hydrogens (tertiary/aromatic N) is 1. The Labute approximate surface area is 94.2 Å². The summed E-state index contributed by atoms with van der Waals surface area (Å²) in [7, 11) is 1.78. The lowest BCUT2D eigenvalue weighted by atomic mass is 10.1.